The first-order valence-electron chi connectivity index (χ1n) is 10.7. The lowest BCUT2D eigenvalue weighted by molar-refractivity contribution is -0.462. The smallest absolute Gasteiger partial charge is 0.335 e. The van der Waals surface area contributed by atoms with Gasteiger partial charge in [0.2, 0.25) is 0 Å². The fraction of sp³-hybridized carbons (Fsp3) is 0.143. The summed E-state index contributed by atoms with van der Waals surface area (Å²) in [5.74, 6) is 0.548. The molecule has 2 aromatic rings. The number of hydrogen-bond donors (Lipinski definition) is 1. The number of carbonyl (C=O) groups is 1. The van der Waals surface area contributed by atoms with Crippen LogP contribution in [0.4, 0.5) is 5.69 Å². The molecule has 0 saturated heterocycles. The van der Waals surface area contributed by atoms with Crippen molar-refractivity contribution >= 4 is 28.7 Å². The van der Waals surface area contributed by atoms with E-state index in [1.54, 1.807) is 12.1 Å². The van der Waals surface area contributed by atoms with E-state index in [0.717, 1.165) is 45.2 Å². The van der Waals surface area contributed by atoms with Crippen LogP contribution < -0.4 is 4.90 Å². The van der Waals surface area contributed by atoms with Gasteiger partial charge in [0.15, 0.2) is 5.71 Å². The first-order chi connectivity index (χ1) is 15.8. The molecule has 1 aliphatic carbocycles. The number of rotatable bonds is 4. The van der Waals surface area contributed by atoms with Crippen molar-refractivity contribution < 1.29 is 19.2 Å². The molecule has 1 N–H and O–H groups in total. The Balaban J connectivity index is 1.78. The summed E-state index contributed by atoms with van der Waals surface area (Å²) in [6.45, 7) is 0. The van der Waals surface area contributed by atoms with Crippen LogP contribution in [0.1, 0.15) is 21.5 Å². The minimum Gasteiger partial charge on any atom is -0.478 e. The molecule has 166 valence electrons. The average Bonchev–Trinajstić information content (AvgIpc) is 2.84. The van der Waals surface area contributed by atoms with Gasteiger partial charge < -0.3 is 14.7 Å². The maximum atomic E-state index is 11.3. The first-order valence-corrected chi connectivity index (χ1v) is 10.7. The summed E-state index contributed by atoms with van der Waals surface area (Å²) in [4.78, 5) is 13.3. The molecule has 0 atom stereocenters. The van der Waals surface area contributed by atoms with Crippen LogP contribution in [0.5, 0.6) is 0 Å². The summed E-state index contributed by atoms with van der Waals surface area (Å²) in [5, 5.41) is 9.23. The predicted octanol–water partition coefficient (Wildman–Crippen LogP) is 5.00. The zero-order valence-electron chi connectivity index (χ0n) is 19.2. The van der Waals surface area contributed by atoms with E-state index in [1.165, 1.54) is 0 Å². The van der Waals surface area contributed by atoms with Crippen molar-refractivity contribution in [3.05, 3.63) is 113 Å². The molecule has 0 fully saturated rings. The number of carboxylic acids is 1. The van der Waals surface area contributed by atoms with Gasteiger partial charge in [-0.2, -0.15) is 0 Å². The third-order valence-corrected chi connectivity index (χ3v) is 5.59. The van der Waals surface area contributed by atoms with Crippen LogP contribution in [0.25, 0.3) is 11.3 Å². The number of carboxylic acid groups (broad SMARTS) is 1. The largest absolute Gasteiger partial charge is 0.478 e. The molecular formula is C28H27N2O3+. The Morgan fingerprint density at radius 1 is 0.848 bits per heavy atom. The number of ether oxygens (including phenoxy) is 1. The fourth-order valence-electron chi connectivity index (χ4n) is 3.61. The zero-order chi connectivity index (χ0) is 23.5. The molecular weight excluding hydrogens is 412 g/mol. The van der Waals surface area contributed by atoms with E-state index < -0.39 is 5.97 Å². The summed E-state index contributed by atoms with van der Waals surface area (Å²) in [5.41, 5.74) is 6.30. The second-order valence-electron chi connectivity index (χ2n) is 8.34. The Labute approximate surface area is 194 Å². The fourth-order valence-corrected chi connectivity index (χ4v) is 3.61. The molecule has 5 nitrogen and oxygen atoms in total. The van der Waals surface area contributed by atoms with Gasteiger partial charge in [0, 0.05) is 43.1 Å². The minimum atomic E-state index is -0.937. The quantitative estimate of drug-likeness (QED) is 0.682. The van der Waals surface area contributed by atoms with E-state index in [4.69, 9.17) is 4.74 Å². The normalized spacial score (nSPS) is 15.1. The van der Waals surface area contributed by atoms with E-state index in [9.17, 15) is 9.90 Å². The van der Waals surface area contributed by atoms with Crippen molar-refractivity contribution in [2.75, 3.05) is 33.1 Å². The first kappa shape index (κ1) is 22.1. The Hall–Kier alpha value is -4.12. The predicted molar refractivity (Wildman–Crippen MR) is 134 cm³/mol. The van der Waals surface area contributed by atoms with Crippen molar-refractivity contribution in [2.45, 2.75) is 0 Å². The Morgan fingerprint density at radius 2 is 1.45 bits per heavy atom. The molecule has 0 aromatic heterocycles. The van der Waals surface area contributed by atoms with Gasteiger partial charge >= 0.3 is 5.97 Å². The highest BCUT2D eigenvalue weighted by atomic mass is 16.5. The van der Waals surface area contributed by atoms with E-state index in [0.29, 0.717) is 0 Å². The molecule has 33 heavy (non-hydrogen) atoms. The van der Waals surface area contributed by atoms with Gasteiger partial charge in [-0.05, 0) is 71.8 Å². The molecule has 0 bridgehead atoms. The van der Waals surface area contributed by atoms with Crippen molar-refractivity contribution in [3.63, 3.8) is 0 Å². The van der Waals surface area contributed by atoms with Crippen LogP contribution in [0.2, 0.25) is 0 Å². The Bertz CT molecular complexity index is 1250. The summed E-state index contributed by atoms with van der Waals surface area (Å²) >= 11 is 0. The summed E-state index contributed by atoms with van der Waals surface area (Å²) in [7, 11) is 8.04. The molecule has 0 unspecified atom stereocenters. The van der Waals surface area contributed by atoms with Crippen molar-refractivity contribution in [1.82, 2.24) is 0 Å². The zero-order valence-corrected chi connectivity index (χ0v) is 19.2. The maximum Gasteiger partial charge on any atom is 0.335 e. The van der Waals surface area contributed by atoms with Gasteiger partial charge in [-0.15, -0.1) is 0 Å². The molecule has 2 aliphatic rings. The van der Waals surface area contributed by atoms with Crippen LogP contribution in [-0.2, 0) is 4.74 Å². The minimum absolute atomic E-state index is 0.262. The number of hydrogen-bond acceptors (Lipinski definition) is 3. The highest BCUT2D eigenvalue weighted by molar-refractivity contribution is 6.02. The van der Waals surface area contributed by atoms with Crippen LogP contribution in [0, 0.1) is 0 Å². The lowest BCUT2D eigenvalue weighted by Crippen LogP contribution is -2.10. The van der Waals surface area contributed by atoms with Crippen LogP contribution in [-0.4, -0.2) is 49.6 Å². The topological polar surface area (TPSA) is 52.8 Å². The molecule has 4 rings (SSSR count). The number of allylic oxidation sites excluding steroid dienone is 8. The van der Waals surface area contributed by atoms with Crippen molar-refractivity contribution in [1.29, 1.82) is 0 Å². The lowest BCUT2D eigenvalue weighted by atomic mass is 9.97. The molecule has 1 heterocycles. The maximum absolute atomic E-state index is 11.3. The van der Waals surface area contributed by atoms with Gasteiger partial charge in [-0.1, -0.05) is 12.1 Å². The van der Waals surface area contributed by atoms with E-state index in [1.807, 2.05) is 76.8 Å². The van der Waals surface area contributed by atoms with Crippen LogP contribution >= 0.6 is 0 Å². The van der Waals surface area contributed by atoms with E-state index in [2.05, 4.69) is 33.8 Å². The van der Waals surface area contributed by atoms with Gasteiger partial charge in [-0.25, -0.2) is 9.37 Å². The summed E-state index contributed by atoms with van der Waals surface area (Å²) in [6.07, 6.45) is 12.2. The van der Waals surface area contributed by atoms with Gasteiger partial charge in [0.05, 0.1) is 5.56 Å². The average molecular weight is 440 g/mol. The third kappa shape index (κ3) is 4.88. The standard InChI is InChI=1S/C28H26N2O3/c1-29(2)24-13-9-20(10-14-24)26-17-23(19-5-7-22(8-6-19)28(31)32)18-27(33-26)21-11-15-25(16-12-21)30(3)4/h5-18H,1-4H3/p+1. The summed E-state index contributed by atoms with van der Waals surface area (Å²) in [6, 6.07) is 15.1. The number of aromatic carboxylic acids is 1. The Kier molecular flexibility index (Phi) is 6.13. The highest BCUT2D eigenvalue weighted by Gasteiger charge is 2.18. The molecule has 5 heteroatoms. The van der Waals surface area contributed by atoms with Crippen molar-refractivity contribution in [2.24, 2.45) is 0 Å². The highest BCUT2D eigenvalue weighted by Crippen LogP contribution is 2.34. The number of nitrogens with zero attached hydrogens (tertiary/aromatic N) is 2. The molecule has 0 amide bonds. The monoisotopic (exact) mass is 439 g/mol. The van der Waals surface area contributed by atoms with Gasteiger partial charge in [-0.3, -0.25) is 0 Å². The van der Waals surface area contributed by atoms with E-state index >= 15 is 0 Å². The van der Waals surface area contributed by atoms with Crippen LogP contribution in [0.15, 0.2) is 96.3 Å². The van der Waals surface area contributed by atoms with Gasteiger partial charge in [0.25, 0.3) is 0 Å². The van der Waals surface area contributed by atoms with Crippen LogP contribution in [0.3, 0.4) is 0 Å². The second kappa shape index (κ2) is 9.17. The molecule has 0 spiro atoms. The van der Waals surface area contributed by atoms with Gasteiger partial charge in [0.1, 0.15) is 25.6 Å². The summed E-state index contributed by atoms with van der Waals surface area (Å²) < 4.78 is 8.41. The van der Waals surface area contributed by atoms with E-state index in [-0.39, 0.29) is 5.56 Å². The molecule has 1 aliphatic heterocycles. The molecule has 0 radical (unpaired) electrons. The second-order valence-corrected chi connectivity index (χ2v) is 8.34. The third-order valence-electron chi connectivity index (χ3n) is 5.59. The lowest BCUT2D eigenvalue weighted by Gasteiger charge is -2.21. The van der Waals surface area contributed by atoms with Crippen molar-refractivity contribution in [3.8, 4) is 0 Å². The molecule has 0 saturated carbocycles. The Morgan fingerprint density at radius 3 is 2.00 bits per heavy atom. The number of benzene rings is 2. The molecule has 2 aromatic carbocycles. The SMILES string of the molecule is CN(C)c1ccc(C2=CC(c3ccc(C(=O)O)cc3)=CC(=C3C=CC(=[N+](C)C)C=C3)O2)cc1. The number of anilines is 1.